The molecule has 0 spiro atoms. The van der Waals surface area contributed by atoms with Crippen LogP contribution in [0.4, 0.5) is 0 Å². The van der Waals surface area contributed by atoms with E-state index in [0.717, 1.165) is 11.8 Å². The summed E-state index contributed by atoms with van der Waals surface area (Å²) >= 11 is 0. The monoisotopic (exact) mass is 194 g/mol. The van der Waals surface area contributed by atoms with Gasteiger partial charge in [0, 0.05) is 0 Å². The fourth-order valence-electron chi connectivity index (χ4n) is 2.73. The fraction of sp³-hybridized carbons (Fsp3) is 0.857. The summed E-state index contributed by atoms with van der Waals surface area (Å²) in [4.78, 5) is 0. The molecular formula is C14H26. The Kier molecular flexibility index (Phi) is 3.13. The van der Waals surface area contributed by atoms with Gasteiger partial charge in [0.25, 0.3) is 0 Å². The molecule has 0 saturated heterocycles. The van der Waals surface area contributed by atoms with E-state index in [0.29, 0.717) is 10.8 Å². The van der Waals surface area contributed by atoms with Crippen LogP contribution in [0.3, 0.4) is 0 Å². The molecule has 14 heavy (non-hydrogen) atoms. The van der Waals surface area contributed by atoms with Gasteiger partial charge in [-0.15, -0.1) is 0 Å². The lowest BCUT2D eigenvalue weighted by atomic mass is 9.60. The molecule has 0 aliphatic heterocycles. The van der Waals surface area contributed by atoms with Crippen molar-refractivity contribution in [3.05, 3.63) is 12.2 Å². The van der Waals surface area contributed by atoms with Crippen LogP contribution in [0, 0.1) is 22.7 Å². The smallest absolute Gasteiger partial charge is 0.0294 e. The molecule has 0 N–H and O–H groups in total. The van der Waals surface area contributed by atoms with Crippen LogP contribution in [0.25, 0.3) is 0 Å². The Hall–Kier alpha value is -0.260. The minimum absolute atomic E-state index is 0.447. The van der Waals surface area contributed by atoms with E-state index in [1.807, 2.05) is 0 Å². The van der Waals surface area contributed by atoms with E-state index in [9.17, 15) is 0 Å². The Bertz CT molecular complexity index is 185. The molecule has 0 saturated carbocycles. The molecule has 0 fully saturated rings. The number of hydrogen-bond donors (Lipinski definition) is 0. The van der Waals surface area contributed by atoms with Crippen LogP contribution in [0.5, 0.6) is 0 Å². The van der Waals surface area contributed by atoms with Crippen LogP contribution in [0.15, 0.2) is 12.2 Å². The molecule has 0 heterocycles. The van der Waals surface area contributed by atoms with Crippen molar-refractivity contribution in [3.63, 3.8) is 0 Å². The predicted molar refractivity (Wildman–Crippen MR) is 64.3 cm³/mol. The molecule has 1 rings (SSSR count). The third kappa shape index (κ3) is 2.62. The summed E-state index contributed by atoms with van der Waals surface area (Å²) in [6, 6.07) is 0. The number of allylic oxidation sites excluding steroid dienone is 2. The minimum Gasteiger partial charge on any atom is -0.0882 e. The van der Waals surface area contributed by atoms with E-state index in [1.54, 1.807) is 0 Å². The van der Waals surface area contributed by atoms with Crippen molar-refractivity contribution in [2.45, 2.75) is 54.4 Å². The lowest BCUT2D eigenvalue weighted by Gasteiger charge is -2.45. The zero-order chi connectivity index (χ0) is 11.0. The van der Waals surface area contributed by atoms with Gasteiger partial charge in [-0.3, -0.25) is 0 Å². The minimum atomic E-state index is 0.447. The zero-order valence-electron chi connectivity index (χ0n) is 10.7. The van der Waals surface area contributed by atoms with Gasteiger partial charge in [0.05, 0.1) is 0 Å². The highest BCUT2D eigenvalue weighted by Gasteiger charge is 2.38. The number of hydrogen-bond acceptors (Lipinski definition) is 0. The number of rotatable bonds is 0. The van der Waals surface area contributed by atoms with Crippen LogP contribution in [0.1, 0.15) is 54.4 Å². The van der Waals surface area contributed by atoms with Gasteiger partial charge in [-0.2, -0.15) is 0 Å². The highest BCUT2D eigenvalue weighted by molar-refractivity contribution is 5.00. The maximum Gasteiger partial charge on any atom is -0.0294 e. The summed E-state index contributed by atoms with van der Waals surface area (Å²) < 4.78 is 0. The lowest BCUT2D eigenvalue weighted by molar-refractivity contribution is 0.0691. The van der Waals surface area contributed by atoms with E-state index in [1.165, 1.54) is 12.8 Å². The Morgan fingerprint density at radius 3 is 1.21 bits per heavy atom. The van der Waals surface area contributed by atoms with E-state index < -0.39 is 0 Å². The Morgan fingerprint density at radius 2 is 1.00 bits per heavy atom. The second-order valence-corrected chi connectivity index (χ2v) is 6.89. The molecule has 0 heteroatoms. The maximum absolute atomic E-state index is 2.38. The van der Waals surface area contributed by atoms with Crippen LogP contribution in [-0.4, -0.2) is 0 Å². The molecule has 0 aromatic heterocycles. The lowest BCUT2D eigenvalue weighted by Crippen LogP contribution is -2.36. The molecule has 0 radical (unpaired) electrons. The molecule has 2 atom stereocenters. The molecule has 0 nitrogen and oxygen atoms in total. The summed E-state index contributed by atoms with van der Waals surface area (Å²) in [7, 11) is 0. The highest BCUT2D eigenvalue weighted by Crippen LogP contribution is 2.46. The summed E-state index contributed by atoms with van der Waals surface area (Å²) in [5.74, 6) is 1.68. The second kappa shape index (κ2) is 3.72. The summed E-state index contributed by atoms with van der Waals surface area (Å²) in [6.45, 7) is 14.3. The zero-order valence-corrected chi connectivity index (χ0v) is 10.7. The van der Waals surface area contributed by atoms with Gasteiger partial charge in [0.15, 0.2) is 0 Å². The van der Waals surface area contributed by atoms with Gasteiger partial charge >= 0.3 is 0 Å². The topological polar surface area (TPSA) is 0 Å². The molecule has 1 aliphatic rings. The Balaban J connectivity index is 2.87. The van der Waals surface area contributed by atoms with Gasteiger partial charge in [-0.25, -0.2) is 0 Å². The predicted octanol–water partition coefficient (Wildman–Crippen LogP) is 4.66. The van der Waals surface area contributed by atoms with Crippen LogP contribution in [-0.2, 0) is 0 Å². The van der Waals surface area contributed by atoms with Gasteiger partial charge in [-0.05, 0) is 35.5 Å². The molecule has 1 aliphatic carbocycles. The van der Waals surface area contributed by atoms with Crippen LogP contribution >= 0.6 is 0 Å². The van der Waals surface area contributed by atoms with Crippen molar-refractivity contribution in [3.8, 4) is 0 Å². The van der Waals surface area contributed by atoms with Gasteiger partial charge in [-0.1, -0.05) is 53.7 Å². The SMILES string of the molecule is CC(C)(C)C1CC=CCC1C(C)(C)C. The summed E-state index contributed by atoms with van der Waals surface area (Å²) in [5.41, 5.74) is 0.894. The van der Waals surface area contributed by atoms with E-state index in [2.05, 4.69) is 53.7 Å². The largest absolute Gasteiger partial charge is 0.0882 e. The first-order valence-corrected chi connectivity index (χ1v) is 5.88. The first-order valence-electron chi connectivity index (χ1n) is 5.88. The molecule has 0 bridgehead atoms. The van der Waals surface area contributed by atoms with E-state index in [4.69, 9.17) is 0 Å². The van der Waals surface area contributed by atoms with Gasteiger partial charge in [0.1, 0.15) is 0 Å². The maximum atomic E-state index is 2.38. The van der Waals surface area contributed by atoms with Crippen molar-refractivity contribution in [1.29, 1.82) is 0 Å². The summed E-state index contributed by atoms with van der Waals surface area (Å²) in [6.07, 6.45) is 7.28. The van der Waals surface area contributed by atoms with Crippen molar-refractivity contribution in [2.75, 3.05) is 0 Å². The van der Waals surface area contributed by atoms with Crippen molar-refractivity contribution >= 4 is 0 Å². The Labute approximate surface area is 89.8 Å². The average molecular weight is 194 g/mol. The average Bonchev–Trinajstić information content (AvgIpc) is 2.01. The molecule has 0 aromatic rings. The van der Waals surface area contributed by atoms with Crippen LogP contribution in [0.2, 0.25) is 0 Å². The standard InChI is InChI=1S/C14H26/c1-13(2,3)11-9-7-8-10-12(11)14(4,5)6/h7-8,11-12H,9-10H2,1-6H3. The Morgan fingerprint density at radius 1 is 0.714 bits per heavy atom. The van der Waals surface area contributed by atoms with Crippen molar-refractivity contribution in [2.24, 2.45) is 22.7 Å². The third-order valence-electron chi connectivity index (χ3n) is 3.66. The highest BCUT2D eigenvalue weighted by atomic mass is 14.4. The van der Waals surface area contributed by atoms with E-state index >= 15 is 0 Å². The third-order valence-corrected chi connectivity index (χ3v) is 3.66. The van der Waals surface area contributed by atoms with Crippen molar-refractivity contribution in [1.82, 2.24) is 0 Å². The van der Waals surface area contributed by atoms with Crippen LogP contribution < -0.4 is 0 Å². The molecule has 2 unspecified atom stereocenters. The normalized spacial score (nSPS) is 29.3. The van der Waals surface area contributed by atoms with Gasteiger partial charge in [0.2, 0.25) is 0 Å². The van der Waals surface area contributed by atoms with Crippen molar-refractivity contribution < 1.29 is 0 Å². The molecule has 82 valence electrons. The summed E-state index contributed by atoms with van der Waals surface area (Å²) in [5, 5.41) is 0. The second-order valence-electron chi connectivity index (χ2n) is 6.89. The first kappa shape index (κ1) is 11.8. The quantitative estimate of drug-likeness (QED) is 0.492. The molecule has 0 amide bonds. The fourth-order valence-corrected chi connectivity index (χ4v) is 2.73. The van der Waals surface area contributed by atoms with E-state index in [-0.39, 0.29) is 0 Å². The molecule has 0 aromatic carbocycles. The van der Waals surface area contributed by atoms with Gasteiger partial charge < -0.3 is 0 Å². The first-order chi connectivity index (χ1) is 6.23. The molecular weight excluding hydrogens is 168 g/mol.